The molecule has 0 bridgehead atoms. The summed E-state index contributed by atoms with van der Waals surface area (Å²) in [4.78, 5) is 4.18. The lowest BCUT2D eigenvalue weighted by molar-refractivity contribution is 0.282. The number of aliphatic hydroxyl groups is 1. The van der Waals surface area contributed by atoms with E-state index in [2.05, 4.69) is 43.6 Å². The minimum absolute atomic E-state index is 0.0599. The standard InChI is InChI=1S/C25H27NO/c1-5-21-8-7-9-24(17-21)25(19(3)14-15-26-6-2)16-20(4)23-12-10-22(18-27)11-13-23/h5-17,27H,1,18H2,2-4H3/b15-14-,20-16+,25-19-,26-6-. The average Bonchev–Trinajstić information content (AvgIpc) is 2.72. The highest BCUT2D eigenvalue weighted by Gasteiger charge is 2.05. The molecule has 0 fully saturated rings. The third kappa shape index (κ3) is 5.77. The Bertz CT molecular complexity index is 896. The lowest BCUT2D eigenvalue weighted by Gasteiger charge is -2.10. The summed E-state index contributed by atoms with van der Waals surface area (Å²) in [6.45, 7) is 10.0. The number of aliphatic imine (C=N–C) groups is 1. The van der Waals surface area contributed by atoms with E-state index in [0.29, 0.717) is 0 Å². The van der Waals surface area contributed by atoms with Crippen LogP contribution in [0.5, 0.6) is 0 Å². The number of nitrogens with zero attached hydrogens (tertiary/aromatic N) is 1. The van der Waals surface area contributed by atoms with Gasteiger partial charge in [-0.3, -0.25) is 4.99 Å². The van der Waals surface area contributed by atoms with Crippen molar-refractivity contribution in [1.82, 2.24) is 0 Å². The SMILES string of the molecule is C=Cc1cccc(C(/C=C(\C)c2ccc(CO)cc2)=C(C)\C=C/N=C\C)c1. The van der Waals surface area contributed by atoms with Gasteiger partial charge in [0.15, 0.2) is 0 Å². The maximum atomic E-state index is 9.24. The maximum Gasteiger partial charge on any atom is 0.0681 e. The van der Waals surface area contributed by atoms with Crippen LogP contribution < -0.4 is 0 Å². The number of allylic oxidation sites excluding steroid dienone is 5. The van der Waals surface area contributed by atoms with Crippen LogP contribution in [-0.2, 0) is 6.61 Å². The number of rotatable bonds is 7. The highest BCUT2D eigenvalue weighted by molar-refractivity contribution is 5.86. The van der Waals surface area contributed by atoms with Gasteiger partial charge in [0.25, 0.3) is 0 Å². The van der Waals surface area contributed by atoms with E-state index in [1.165, 1.54) is 0 Å². The van der Waals surface area contributed by atoms with Crippen LogP contribution >= 0.6 is 0 Å². The van der Waals surface area contributed by atoms with Crippen molar-refractivity contribution < 1.29 is 5.11 Å². The molecule has 138 valence electrons. The average molecular weight is 357 g/mol. The first kappa shape index (κ1) is 20.3. The molecule has 2 nitrogen and oxygen atoms in total. The lowest BCUT2D eigenvalue weighted by atomic mass is 9.94. The Labute approximate surface area is 162 Å². The van der Waals surface area contributed by atoms with Gasteiger partial charge in [-0.05, 0) is 71.9 Å². The molecular formula is C25H27NO. The molecule has 0 radical (unpaired) electrons. The predicted octanol–water partition coefficient (Wildman–Crippen LogP) is 6.30. The molecule has 2 rings (SSSR count). The molecule has 0 heterocycles. The van der Waals surface area contributed by atoms with E-state index in [-0.39, 0.29) is 6.61 Å². The van der Waals surface area contributed by atoms with Crippen LogP contribution in [0.25, 0.3) is 17.2 Å². The summed E-state index contributed by atoms with van der Waals surface area (Å²) in [7, 11) is 0. The highest BCUT2D eigenvalue weighted by atomic mass is 16.3. The van der Waals surface area contributed by atoms with Gasteiger partial charge in [-0.1, -0.05) is 61.2 Å². The van der Waals surface area contributed by atoms with Gasteiger partial charge in [-0.2, -0.15) is 0 Å². The van der Waals surface area contributed by atoms with Gasteiger partial charge in [0.05, 0.1) is 6.61 Å². The van der Waals surface area contributed by atoms with Gasteiger partial charge in [-0.25, -0.2) is 0 Å². The Morgan fingerprint density at radius 3 is 2.44 bits per heavy atom. The zero-order valence-corrected chi connectivity index (χ0v) is 16.3. The molecule has 0 aliphatic rings. The van der Waals surface area contributed by atoms with E-state index in [9.17, 15) is 5.11 Å². The summed E-state index contributed by atoms with van der Waals surface area (Å²) in [6, 6.07) is 16.3. The molecule has 0 aliphatic heterocycles. The Morgan fingerprint density at radius 2 is 1.81 bits per heavy atom. The van der Waals surface area contributed by atoms with Crippen LogP contribution in [0.2, 0.25) is 0 Å². The number of aliphatic hydroxyl groups excluding tert-OH is 1. The largest absolute Gasteiger partial charge is 0.392 e. The fourth-order valence-electron chi connectivity index (χ4n) is 2.76. The summed E-state index contributed by atoms with van der Waals surface area (Å²) < 4.78 is 0. The summed E-state index contributed by atoms with van der Waals surface area (Å²) in [5, 5.41) is 9.24. The van der Waals surface area contributed by atoms with Gasteiger partial charge >= 0.3 is 0 Å². The molecule has 0 saturated heterocycles. The fraction of sp³-hybridized carbons (Fsp3) is 0.160. The molecule has 0 saturated carbocycles. The Balaban J connectivity index is 2.53. The number of benzene rings is 2. The van der Waals surface area contributed by atoms with Crippen molar-refractivity contribution >= 4 is 23.4 Å². The second-order valence-electron chi connectivity index (χ2n) is 6.33. The van der Waals surface area contributed by atoms with Crippen LogP contribution in [0.1, 0.15) is 43.0 Å². The second kappa shape index (κ2) is 10.2. The molecule has 0 aromatic heterocycles. The third-order valence-corrected chi connectivity index (χ3v) is 4.37. The number of hydrogen-bond acceptors (Lipinski definition) is 2. The lowest BCUT2D eigenvalue weighted by Crippen LogP contribution is -1.89. The molecule has 2 heteroatoms. The second-order valence-corrected chi connectivity index (χ2v) is 6.33. The normalized spacial score (nSPS) is 13.3. The Hall–Kier alpha value is -2.97. The van der Waals surface area contributed by atoms with Gasteiger partial charge in [0.1, 0.15) is 0 Å². The van der Waals surface area contributed by atoms with Gasteiger partial charge < -0.3 is 5.11 Å². The molecule has 0 spiro atoms. The van der Waals surface area contributed by atoms with E-state index in [1.807, 2.05) is 61.7 Å². The topological polar surface area (TPSA) is 32.6 Å². The molecule has 27 heavy (non-hydrogen) atoms. The first-order valence-electron chi connectivity index (χ1n) is 9.05. The Morgan fingerprint density at radius 1 is 1.07 bits per heavy atom. The van der Waals surface area contributed by atoms with E-state index < -0.39 is 0 Å². The molecular weight excluding hydrogens is 330 g/mol. The monoisotopic (exact) mass is 357 g/mol. The van der Waals surface area contributed by atoms with Gasteiger partial charge in [0, 0.05) is 12.4 Å². The summed E-state index contributed by atoms with van der Waals surface area (Å²) in [5.41, 5.74) is 7.71. The highest BCUT2D eigenvalue weighted by Crippen LogP contribution is 2.27. The minimum atomic E-state index is 0.0599. The number of hydrogen-bond donors (Lipinski definition) is 1. The summed E-state index contributed by atoms with van der Waals surface area (Å²) in [6.07, 6.45) is 9.66. The van der Waals surface area contributed by atoms with E-state index >= 15 is 0 Å². The van der Waals surface area contributed by atoms with Crippen molar-refractivity contribution in [3.8, 4) is 0 Å². The first-order chi connectivity index (χ1) is 13.1. The van der Waals surface area contributed by atoms with Crippen LogP contribution in [0, 0.1) is 0 Å². The third-order valence-electron chi connectivity index (χ3n) is 4.37. The van der Waals surface area contributed by atoms with E-state index in [1.54, 1.807) is 6.21 Å². The minimum Gasteiger partial charge on any atom is -0.392 e. The van der Waals surface area contributed by atoms with E-state index in [0.717, 1.165) is 39.0 Å². The van der Waals surface area contributed by atoms with Crippen molar-refractivity contribution in [2.75, 3.05) is 0 Å². The predicted molar refractivity (Wildman–Crippen MR) is 118 cm³/mol. The quantitative estimate of drug-likeness (QED) is 0.457. The Kier molecular flexibility index (Phi) is 7.72. The fourth-order valence-corrected chi connectivity index (χ4v) is 2.76. The molecule has 0 unspecified atom stereocenters. The van der Waals surface area contributed by atoms with Crippen molar-refractivity contribution in [3.63, 3.8) is 0 Å². The first-order valence-corrected chi connectivity index (χ1v) is 9.05. The molecule has 1 N–H and O–H groups in total. The van der Waals surface area contributed by atoms with Crippen LogP contribution in [0.3, 0.4) is 0 Å². The van der Waals surface area contributed by atoms with Crippen LogP contribution in [-0.4, -0.2) is 11.3 Å². The molecule has 2 aromatic carbocycles. The van der Waals surface area contributed by atoms with Gasteiger partial charge in [-0.15, -0.1) is 0 Å². The van der Waals surface area contributed by atoms with Crippen LogP contribution in [0.15, 0.2) is 84.0 Å². The van der Waals surface area contributed by atoms with Crippen molar-refractivity contribution in [2.24, 2.45) is 4.99 Å². The van der Waals surface area contributed by atoms with E-state index in [4.69, 9.17) is 0 Å². The van der Waals surface area contributed by atoms with Crippen molar-refractivity contribution in [2.45, 2.75) is 27.4 Å². The summed E-state index contributed by atoms with van der Waals surface area (Å²) in [5.74, 6) is 0. The zero-order valence-electron chi connectivity index (χ0n) is 16.3. The van der Waals surface area contributed by atoms with Crippen molar-refractivity contribution in [1.29, 1.82) is 0 Å². The molecule has 0 aliphatic carbocycles. The van der Waals surface area contributed by atoms with Crippen LogP contribution in [0.4, 0.5) is 0 Å². The summed E-state index contributed by atoms with van der Waals surface area (Å²) >= 11 is 0. The van der Waals surface area contributed by atoms with Gasteiger partial charge in [0.2, 0.25) is 0 Å². The smallest absolute Gasteiger partial charge is 0.0681 e. The maximum absolute atomic E-state index is 9.24. The molecule has 0 amide bonds. The molecule has 0 atom stereocenters. The van der Waals surface area contributed by atoms with Crippen molar-refractivity contribution in [3.05, 3.63) is 101 Å². The molecule has 2 aromatic rings. The zero-order chi connectivity index (χ0) is 19.6.